The van der Waals surface area contributed by atoms with Gasteiger partial charge in [0, 0.05) is 16.7 Å². The lowest BCUT2D eigenvalue weighted by Gasteiger charge is -2.17. The van der Waals surface area contributed by atoms with Crippen LogP contribution in [0.1, 0.15) is 81.5 Å². The highest BCUT2D eigenvalue weighted by Gasteiger charge is 2.26. The van der Waals surface area contributed by atoms with E-state index in [4.69, 9.17) is 4.74 Å². The number of ether oxygens (including phenoxy) is 1. The van der Waals surface area contributed by atoms with Crippen molar-refractivity contribution in [2.24, 2.45) is 0 Å². The Morgan fingerprint density at radius 1 is 0.800 bits per heavy atom. The van der Waals surface area contributed by atoms with Crippen LogP contribution in [0.5, 0.6) is 5.75 Å². The molecule has 2 rings (SSSR count). The third kappa shape index (κ3) is 5.22. The molecule has 2 aromatic carbocycles. The molecule has 0 atom stereocenters. The van der Waals surface area contributed by atoms with Gasteiger partial charge < -0.3 is 4.74 Å². The Morgan fingerprint density at radius 2 is 1.32 bits per heavy atom. The monoisotopic (exact) mass is 451 g/mol. The van der Waals surface area contributed by atoms with E-state index in [1.54, 1.807) is 21.8 Å². The highest BCUT2D eigenvalue weighted by Crippen LogP contribution is 2.27. The van der Waals surface area contributed by atoms with Gasteiger partial charge in [0.1, 0.15) is 5.75 Å². The average Bonchev–Trinajstić information content (AvgIpc) is 2.59. The van der Waals surface area contributed by atoms with Crippen LogP contribution in [-0.2, 0) is 4.43 Å². The molecule has 0 unspecified atom stereocenters. The van der Waals surface area contributed by atoms with Crippen molar-refractivity contribution in [1.82, 2.24) is 0 Å². The quantitative estimate of drug-likeness (QED) is 0.463. The van der Waals surface area contributed by atoms with Crippen molar-refractivity contribution < 1.29 is 25.9 Å². The lowest BCUT2D eigenvalue weighted by molar-refractivity contribution is -0.644. The Bertz CT molecular complexity index is 655. The molecule has 0 saturated heterocycles. The molecule has 0 bridgehead atoms. The molecule has 0 radical (unpaired) electrons. The molecular weight excluding hydrogens is 419 g/mol. The fourth-order valence-electron chi connectivity index (χ4n) is 2.88. The van der Waals surface area contributed by atoms with E-state index in [0.29, 0.717) is 17.8 Å². The number of methoxy groups -OCH3 is 1. The van der Waals surface area contributed by atoms with E-state index in [0.717, 1.165) is 5.75 Å². The summed E-state index contributed by atoms with van der Waals surface area (Å²) in [6, 6.07) is 13.5. The molecule has 0 saturated carbocycles. The molecule has 0 aliphatic carbocycles. The molecule has 0 aromatic heterocycles. The van der Waals surface area contributed by atoms with E-state index < -0.39 is 0 Å². The van der Waals surface area contributed by atoms with Gasteiger partial charge in [-0.05, 0) is 35.4 Å². The predicted molar refractivity (Wildman–Crippen MR) is 104 cm³/mol. The summed E-state index contributed by atoms with van der Waals surface area (Å²) in [6.45, 7) is 14.0. The van der Waals surface area contributed by atoms with Crippen LogP contribution in [-0.4, -0.2) is 7.11 Å². The van der Waals surface area contributed by atoms with Crippen molar-refractivity contribution in [3.8, 4) is 5.75 Å². The standard InChI is InChI=1S/C23H32IO/c1-15(2)19-12-21(16(3)4)23(22(13-19)17(5)6)24-14-18-8-10-20(25-7)11-9-18/h8-13,15-17H,14H2,1-7H3/q+1. The van der Waals surface area contributed by atoms with Crippen molar-refractivity contribution >= 4 is 0 Å². The van der Waals surface area contributed by atoms with Crippen LogP contribution in [0.15, 0.2) is 36.4 Å². The normalized spacial score (nSPS) is 11.6. The molecule has 0 amide bonds. The molecule has 0 aliphatic rings. The van der Waals surface area contributed by atoms with Gasteiger partial charge in [-0.1, -0.05) is 65.8 Å². The number of hydrogen-bond donors (Lipinski definition) is 0. The fourth-order valence-corrected chi connectivity index (χ4v) is 6.65. The Kier molecular flexibility index (Phi) is 7.36. The van der Waals surface area contributed by atoms with Crippen LogP contribution in [0, 0.1) is 3.57 Å². The van der Waals surface area contributed by atoms with Gasteiger partial charge in [-0.15, -0.1) is 0 Å². The Labute approximate surface area is 164 Å². The predicted octanol–water partition coefficient (Wildman–Crippen LogP) is 3.52. The average molecular weight is 451 g/mol. The lowest BCUT2D eigenvalue weighted by Crippen LogP contribution is -3.61. The number of hydrogen-bond acceptors (Lipinski definition) is 1. The van der Waals surface area contributed by atoms with E-state index in [1.165, 1.54) is 15.6 Å². The summed E-state index contributed by atoms with van der Waals surface area (Å²) in [4.78, 5) is 0. The first-order valence-electron chi connectivity index (χ1n) is 9.23. The zero-order valence-electron chi connectivity index (χ0n) is 16.7. The molecule has 2 aromatic rings. The van der Waals surface area contributed by atoms with Gasteiger partial charge in [-0.3, -0.25) is 0 Å². The number of halogens is 1. The van der Waals surface area contributed by atoms with Crippen molar-refractivity contribution in [2.75, 3.05) is 7.11 Å². The Balaban J connectivity index is 2.36. The first-order valence-corrected chi connectivity index (χ1v) is 11.8. The Morgan fingerprint density at radius 3 is 1.72 bits per heavy atom. The summed E-state index contributed by atoms with van der Waals surface area (Å²) in [6.07, 6.45) is 0. The van der Waals surface area contributed by atoms with Gasteiger partial charge in [0.05, 0.1) is 7.11 Å². The molecule has 0 spiro atoms. The maximum Gasteiger partial charge on any atom is 0.318 e. The van der Waals surface area contributed by atoms with Crippen molar-refractivity contribution in [3.63, 3.8) is 0 Å². The molecule has 0 fully saturated rings. The highest BCUT2D eigenvalue weighted by molar-refractivity contribution is 5.35. The fraction of sp³-hybridized carbons (Fsp3) is 0.478. The molecule has 25 heavy (non-hydrogen) atoms. The van der Waals surface area contributed by atoms with Crippen LogP contribution in [0.4, 0.5) is 0 Å². The van der Waals surface area contributed by atoms with Crippen LogP contribution in [0.25, 0.3) is 0 Å². The largest absolute Gasteiger partial charge is 0.497 e. The minimum atomic E-state index is -0.0502. The molecule has 0 N–H and O–H groups in total. The summed E-state index contributed by atoms with van der Waals surface area (Å²) in [5, 5.41) is 0. The molecule has 0 aliphatic heterocycles. The van der Waals surface area contributed by atoms with E-state index in [9.17, 15) is 0 Å². The van der Waals surface area contributed by atoms with Crippen LogP contribution in [0.2, 0.25) is 0 Å². The molecule has 0 heterocycles. The van der Waals surface area contributed by atoms with Crippen molar-refractivity contribution in [1.29, 1.82) is 0 Å². The molecule has 2 heteroatoms. The first kappa shape index (κ1) is 20.3. The maximum absolute atomic E-state index is 5.28. The number of alkyl halides is 1. The summed E-state index contributed by atoms with van der Waals surface area (Å²) in [7, 11) is 1.72. The van der Waals surface area contributed by atoms with Crippen LogP contribution in [0.3, 0.4) is 0 Å². The third-order valence-corrected chi connectivity index (χ3v) is 7.85. The summed E-state index contributed by atoms with van der Waals surface area (Å²) in [5.74, 6) is 2.70. The number of benzene rings is 2. The first-order chi connectivity index (χ1) is 11.8. The number of rotatable bonds is 7. The maximum atomic E-state index is 5.28. The topological polar surface area (TPSA) is 9.23 Å². The zero-order chi connectivity index (χ0) is 18.6. The second-order valence-electron chi connectivity index (χ2n) is 7.59. The SMILES string of the molecule is COc1ccc(C[I+]c2c(C(C)C)cc(C(C)C)cc2C(C)C)cc1. The summed E-state index contributed by atoms with van der Waals surface area (Å²) >= 11 is -0.0502. The summed E-state index contributed by atoms with van der Waals surface area (Å²) in [5.41, 5.74) is 6.07. The van der Waals surface area contributed by atoms with Gasteiger partial charge in [-0.2, -0.15) is 0 Å². The van der Waals surface area contributed by atoms with Crippen LogP contribution >= 0.6 is 0 Å². The summed E-state index contributed by atoms with van der Waals surface area (Å²) < 4.78 is 8.13. The Hall–Kier alpha value is -1.03. The lowest BCUT2D eigenvalue weighted by atomic mass is 9.90. The molecular formula is C23H32IO+. The zero-order valence-corrected chi connectivity index (χ0v) is 18.8. The minimum Gasteiger partial charge on any atom is -0.497 e. The molecule has 136 valence electrons. The van der Waals surface area contributed by atoms with Gasteiger partial charge in [0.25, 0.3) is 0 Å². The van der Waals surface area contributed by atoms with Gasteiger partial charge in [0.15, 0.2) is 8.00 Å². The smallest absolute Gasteiger partial charge is 0.318 e. The van der Waals surface area contributed by atoms with Crippen LogP contribution < -0.4 is 25.9 Å². The second-order valence-corrected chi connectivity index (χ2v) is 10.2. The van der Waals surface area contributed by atoms with Crippen molar-refractivity contribution in [2.45, 2.75) is 63.7 Å². The van der Waals surface area contributed by atoms with Gasteiger partial charge in [-0.25, -0.2) is 0 Å². The van der Waals surface area contributed by atoms with Gasteiger partial charge >= 0.3 is 21.2 Å². The molecule has 1 nitrogen and oxygen atoms in total. The van der Waals surface area contributed by atoms with E-state index in [1.807, 2.05) is 0 Å². The van der Waals surface area contributed by atoms with E-state index >= 15 is 0 Å². The third-order valence-electron chi connectivity index (χ3n) is 4.58. The van der Waals surface area contributed by atoms with E-state index in [2.05, 4.69) is 77.9 Å². The van der Waals surface area contributed by atoms with Gasteiger partial charge in [0.2, 0.25) is 0 Å². The van der Waals surface area contributed by atoms with E-state index in [-0.39, 0.29) is 21.2 Å². The van der Waals surface area contributed by atoms with Crippen molar-refractivity contribution in [3.05, 3.63) is 62.2 Å². The second kappa shape index (κ2) is 9.07. The highest BCUT2D eigenvalue weighted by atomic mass is 127. The minimum absolute atomic E-state index is 0.0502.